The molecule has 0 unspecified atom stereocenters. The van der Waals surface area contributed by atoms with Gasteiger partial charge in [0.1, 0.15) is 0 Å². The summed E-state index contributed by atoms with van der Waals surface area (Å²) >= 11 is 0. The van der Waals surface area contributed by atoms with Crippen molar-refractivity contribution >= 4 is 11.6 Å². The minimum Gasteiger partial charge on any atom is -0.384 e. The molecule has 19 heavy (non-hydrogen) atoms. The number of carbonyl (C=O) groups is 1. The van der Waals surface area contributed by atoms with Gasteiger partial charge in [-0.25, -0.2) is 5.84 Å². The van der Waals surface area contributed by atoms with Crippen molar-refractivity contribution in [2.24, 2.45) is 5.84 Å². The minimum absolute atomic E-state index is 0.289. The number of carbonyl (C=O) groups excluding carboxylic acids is 1. The van der Waals surface area contributed by atoms with Gasteiger partial charge in [0.05, 0.1) is 5.56 Å². The molecule has 0 bridgehead atoms. The third-order valence-corrected chi connectivity index (χ3v) is 2.87. The van der Waals surface area contributed by atoms with E-state index in [1.54, 1.807) is 6.07 Å². The summed E-state index contributed by atoms with van der Waals surface area (Å²) in [5.41, 5.74) is 4.76. The van der Waals surface area contributed by atoms with Gasteiger partial charge in [0.25, 0.3) is 5.91 Å². The molecule has 0 saturated heterocycles. The van der Waals surface area contributed by atoms with Crippen LogP contribution in [0.1, 0.15) is 15.9 Å². The molecule has 0 aromatic heterocycles. The van der Waals surface area contributed by atoms with Crippen LogP contribution in [0.25, 0.3) is 0 Å². The highest BCUT2D eigenvalue weighted by atomic mass is 16.2. The molecular formula is C15H17N3O. The minimum atomic E-state index is -0.289. The van der Waals surface area contributed by atoms with Gasteiger partial charge in [-0.15, -0.1) is 0 Å². The van der Waals surface area contributed by atoms with Crippen molar-refractivity contribution in [3.8, 4) is 0 Å². The Morgan fingerprint density at radius 1 is 1.00 bits per heavy atom. The Morgan fingerprint density at radius 2 is 1.68 bits per heavy atom. The van der Waals surface area contributed by atoms with E-state index in [0.29, 0.717) is 5.56 Å². The van der Waals surface area contributed by atoms with Crippen LogP contribution in [-0.4, -0.2) is 12.5 Å². The molecule has 0 radical (unpaired) electrons. The van der Waals surface area contributed by atoms with Crippen LogP contribution in [0.3, 0.4) is 0 Å². The highest BCUT2D eigenvalue weighted by Crippen LogP contribution is 2.14. The molecular weight excluding hydrogens is 238 g/mol. The summed E-state index contributed by atoms with van der Waals surface area (Å²) in [5.74, 6) is 4.88. The zero-order valence-corrected chi connectivity index (χ0v) is 10.6. The maximum Gasteiger partial charge on any atom is 0.267 e. The second-order valence-electron chi connectivity index (χ2n) is 4.18. The quantitative estimate of drug-likeness (QED) is 0.434. The van der Waals surface area contributed by atoms with Gasteiger partial charge in [-0.05, 0) is 24.1 Å². The zero-order chi connectivity index (χ0) is 13.5. The van der Waals surface area contributed by atoms with Gasteiger partial charge < -0.3 is 5.32 Å². The van der Waals surface area contributed by atoms with E-state index in [0.717, 1.165) is 18.7 Å². The number of amides is 1. The molecule has 0 aliphatic rings. The Hall–Kier alpha value is -2.33. The van der Waals surface area contributed by atoms with Gasteiger partial charge in [-0.3, -0.25) is 10.2 Å². The van der Waals surface area contributed by atoms with E-state index in [4.69, 9.17) is 5.84 Å². The van der Waals surface area contributed by atoms with Crippen LogP contribution < -0.4 is 16.6 Å². The Morgan fingerprint density at radius 3 is 2.42 bits per heavy atom. The van der Waals surface area contributed by atoms with Gasteiger partial charge in [0.15, 0.2) is 0 Å². The SMILES string of the molecule is NNC(=O)c1ccccc1NCCc1ccccc1. The maximum absolute atomic E-state index is 11.6. The highest BCUT2D eigenvalue weighted by Gasteiger charge is 2.08. The molecule has 0 heterocycles. The van der Waals surface area contributed by atoms with Crippen LogP contribution in [0.5, 0.6) is 0 Å². The second-order valence-corrected chi connectivity index (χ2v) is 4.18. The first-order chi connectivity index (χ1) is 9.31. The maximum atomic E-state index is 11.6. The molecule has 4 N–H and O–H groups in total. The first-order valence-electron chi connectivity index (χ1n) is 6.19. The summed E-state index contributed by atoms with van der Waals surface area (Å²) in [6.45, 7) is 0.763. The van der Waals surface area contributed by atoms with E-state index in [1.807, 2.05) is 36.4 Å². The molecule has 0 aliphatic carbocycles. The predicted octanol–water partition coefficient (Wildman–Crippen LogP) is 1.94. The van der Waals surface area contributed by atoms with Crippen molar-refractivity contribution in [3.05, 3.63) is 65.7 Å². The molecule has 98 valence electrons. The fourth-order valence-corrected chi connectivity index (χ4v) is 1.90. The molecule has 4 heteroatoms. The molecule has 4 nitrogen and oxygen atoms in total. The third kappa shape index (κ3) is 3.56. The lowest BCUT2D eigenvalue weighted by molar-refractivity contribution is 0.0954. The number of nitrogen functional groups attached to an aromatic ring is 1. The lowest BCUT2D eigenvalue weighted by Crippen LogP contribution is -2.30. The Labute approximate surface area is 112 Å². The normalized spacial score (nSPS) is 9.95. The number of para-hydroxylation sites is 1. The smallest absolute Gasteiger partial charge is 0.267 e. The summed E-state index contributed by atoms with van der Waals surface area (Å²) in [4.78, 5) is 11.6. The Balaban J connectivity index is 1.98. The van der Waals surface area contributed by atoms with E-state index in [1.165, 1.54) is 5.56 Å². The topological polar surface area (TPSA) is 67.1 Å². The lowest BCUT2D eigenvalue weighted by Gasteiger charge is -2.10. The van der Waals surface area contributed by atoms with Crippen molar-refractivity contribution in [1.82, 2.24) is 5.43 Å². The van der Waals surface area contributed by atoms with E-state index >= 15 is 0 Å². The third-order valence-electron chi connectivity index (χ3n) is 2.87. The van der Waals surface area contributed by atoms with Crippen molar-refractivity contribution in [3.63, 3.8) is 0 Å². The second kappa shape index (κ2) is 6.56. The summed E-state index contributed by atoms with van der Waals surface area (Å²) in [5, 5.41) is 3.26. The number of benzene rings is 2. The molecule has 0 spiro atoms. The molecule has 0 saturated carbocycles. The number of hydrogen-bond donors (Lipinski definition) is 3. The molecule has 2 aromatic carbocycles. The number of rotatable bonds is 5. The van der Waals surface area contributed by atoms with Crippen LogP contribution in [-0.2, 0) is 6.42 Å². The molecule has 0 atom stereocenters. The average molecular weight is 255 g/mol. The van der Waals surface area contributed by atoms with E-state index in [9.17, 15) is 4.79 Å². The molecule has 0 aliphatic heterocycles. The first-order valence-corrected chi connectivity index (χ1v) is 6.19. The van der Waals surface area contributed by atoms with Crippen molar-refractivity contribution in [1.29, 1.82) is 0 Å². The molecule has 2 aromatic rings. The highest BCUT2D eigenvalue weighted by molar-refractivity contribution is 5.99. The first kappa shape index (κ1) is 13.1. The predicted molar refractivity (Wildman–Crippen MR) is 76.7 cm³/mol. The largest absolute Gasteiger partial charge is 0.384 e. The van der Waals surface area contributed by atoms with E-state index in [2.05, 4.69) is 22.9 Å². The summed E-state index contributed by atoms with van der Waals surface area (Å²) in [6.07, 6.45) is 0.902. The van der Waals surface area contributed by atoms with E-state index in [-0.39, 0.29) is 5.91 Å². The van der Waals surface area contributed by atoms with Crippen LogP contribution in [0.15, 0.2) is 54.6 Å². The van der Waals surface area contributed by atoms with Crippen LogP contribution >= 0.6 is 0 Å². The van der Waals surface area contributed by atoms with E-state index < -0.39 is 0 Å². The Bertz CT molecular complexity index is 540. The average Bonchev–Trinajstić information content (AvgIpc) is 2.48. The van der Waals surface area contributed by atoms with Crippen molar-refractivity contribution in [2.75, 3.05) is 11.9 Å². The molecule has 2 rings (SSSR count). The monoisotopic (exact) mass is 255 g/mol. The fourth-order valence-electron chi connectivity index (χ4n) is 1.90. The van der Waals surface area contributed by atoms with Crippen molar-refractivity contribution < 1.29 is 4.79 Å². The number of hydrazine groups is 1. The number of hydrogen-bond acceptors (Lipinski definition) is 3. The van der Waals surface area contributed by atoms with Gasteiger partial charge in [-0.1, -0.05) is 42.5 Å². The number of nitrogens with one attached hydrogen (secondary N) is 2. The van der Waals surface area contributed by atoms with Gasteiger partial charge in [-0.2, -0.15) is 0 Å². The molecule has 1 amide bonds. The zero-order valence-electron chi connectivity index (χ0n) is 10.6. The van der Waals surface area contributed by atoms with Crippen molar-refractivity contribution in [2.45, 2.75) is 6.42 Å². The standard InChI is InChI=1S/C15H17N3O/c16-18-15(19)13-8-4-5-9-14(13)17-11-10-12-6-2-1-3-7-12/h1-9,17H,10-11,16H2,(H,18,19). The molecule has 0 fully saturated rings. The van der Waals surface area contributed by atoms with Crippen LogP contribution in [0.2, 0.25) is 0 Å². The summed E-state index contributed by atoms with van der Waals surface area (Å²) < 4.78 is 0. The lowest BCUT2D eigenvalue weighted by atomic mass is 10.1. The van der Waals surface area contributed by atoms with Gasteiger partial charge in [0.2, 0.25) is 0 Å². The Kier molecular flexibility index (Phi) is 4.53. The fraction of sp³-hybridized carbons (Fsp3) is 0.133. The summed E-state index contributed by atoms with van der Waals surface area (Å²) in [7, 11) is 0. The van der Waals surface area contributed by atoms with Crippen LogP contribution in [0.4, 0.5) is 5.69 Å². The number of nitrogens with two attached hydrogens (primary N) is 1. The van der Waals surface area contributed by atoms with Gasteiger partial charge in [0, 0.05) is 12.2 Å². The van der Waals surface area contributed by atoms with Gasteiger partial charge >= 0.3 is 0 Å². The van der Waals surface area contributed by atoms with Crippen LogP contribution in [0, 0.1) is 0 Å². The summed E-state index contributed by atoms with van der Waals surface area (Å²) in [6, 6.07) is 17.5. The number of anilines is 1.